The van der Waals surface area contributed by atoms with Crippen LogP contribution in [0.4, 0.5) is 13.2 Å². The summed E-state index contributed by atoms with van der Waals surface area (Å²) in [7, 11) is 0. The first-order valence-corrected chi connectivity index (χ1v) is 6.40. The first kappa shape index (κ1) is 16.0. The molecule has 0 amide bonds. The zero-order valence-corrected chi connectivity index (χ0v) is 11.1. The van der Waals surface area contributed by atoms with Gasteiger partial charge in [0.15, 0.2) is 0 Å². The Balaban J connectivity index is 2.42. The first-order valence-electron chi connectivity index (χ1n) is 6.40. The van der Waals surface area contributed by atoms with Gasteiger partial charge in [0.25, 0.3) is 0 Å². The fourth-order valence-electron chi connectivity index (χ4n) is 1.85. The van der Waals surface area contributed by atoms with E-state index < -0.39 is 18.1 Å². The molecule has 0 radical (unpaired) electrons. The lowest BCUT2D eigenvalue weighted by Crippen LogP contribution is -2.48. The van der Waals surface area contributed by atoms with Gasteiger partial charge in [0.05, 0.1) is 0 Å². The second kappa shape index (κ2) is 6.91. The van der Waals surface area contributed by atoms with Gasteiger partial charge in [-0.15, -0.1) is 0 Å². The Morgan fingerprint density at radius 1 is 1.11 bits per heavy atom. The third-order valence-electron chi connectivity index (χ3n) is 3.20. The summed E-state index contributed by atoms with van der Waals surface area (Å²) in [6.07, 6.45) is -4.33. The Morgan fingerprint density at radius 2 is 1.74 bits per heavy atom. The van der Waals surface area contributed by atoms with Crippen molar-refractivity contribution in [1.82, 2.24) is 5.32 Å². The predicted octanol–water partition coefficient (Wildman–Crippen LogP) is 3.23. The molecule has 0 aromatic heterocycles. The Labute approximate surface area is 112 Å². The van der Waals surface area contributed by atoms with Crippen LogP contribution in [0.15, 0.2) is 30.3 Å². The van der Waals surface area contributed by atoms with Gasteiger partial charge in [0.1, 0.15) is 0 Å². The molecule has 1 aromatic carbocycles. The van der Waals surface area contributed by atoms with E-state index in [1.165, 1.54) is 0 Å². The highest BCUT2D eigenvalue weighted by Gasteiger charge is 2.29. The summed E-state index contributed by atoms with van der Waals surface area (Å²) >= 11 is 0. The average Bonchev–Trinajstić information content (AvgIpc) is 2.36. The molecule has 0 saturated heterocycles. The molecule has 0 aliphatic heterocycles. The van der Waals surface area contributed by atoms with Crippen molar-refractivity contribution in [2.75, 3.05) is 6.54 Å². The molecule has 3 N–H and O–H groups in total. The number of benzene rings is 1. The summed E-state index contributed by atoms with van der Waals surface area (Å²) in [5.41, 5.74) is 6.32. The second-order valence-corrected chi connectivity index (χ2v) is 5.07. The summed E-state index contributed by atoms with van der Waals surface area (Å²) in [6.45, 7) is 2.80. The smallest absolute Gasteiger partial charge is 0.329 e. The number of nitrogens with two attached hydrogens (primary N) is 1. The van der Waals surface area contributed by atoms with Gasteiger partial charge in [-0.2, -0.15) is 13.2 Å². The van der Waals surface area contributed by atoms with Crippen LogP contribution in [-0.4, -0.2) is 18.3 Å². The zero-order valence-electron chi connectivity index (χ0n) is 11.1. The second-order valence-electron chi connectivity index (χ2n) is 5.07. The fraction of sp³-hybridized carbons (Fsp3) is 0.571. The van der Waals surface area contributed by atoms with E-state index in [1.54, 1.807) is 0 Å². The minimum Gasteiger partial charge on any atom is -0.329 e. The van der Waals surface area contributed by atoms with Gasteiger partial charge in [-0.25, -0.2) is 0 Å². The molecule has 19 heavy (non-hydrogen) atoms. The van der Waals surface area contributed by atoms with E-state index in [0.717, 1.165) is 5.56 Å². The largest absolute Gasteiger partial charge is 0.389 e. The SMILES string of the molecule is CC(CN)(CCCC(F)(F)F)NCc1ccccc1. The van der Waals surface area contributed by atoms with Gasteiger partial charge in [-0.1, -0.05) is 30.3 Å². The lowest BCUT2D eigenvalue weighted by atomic mass is 9.94. The monoisotopic (exact) mass is 274 g/mol. The molecule has 0 aliphatic rings. The molecule has 0 aliphatic carbocycles. The Bertz CT molecular complexity index is 365. The minimum absolute atomic E-state index is 0.0962. The molecule has 1 unspecified atom stereocenters. The van der Waals surface area contributed by atoms with Crippen molar-refractivity contribution >= 4 is 0 Å². The predicted molar refractivity (Wildman–Crippen MR) is 70.6 cm³/mol. The van der Waals surface area contributed by atoms with Crippen LogP contribution in [0.5, 0.6) is 0 Å². The molecule has 1 aromatic rings. The highest BCUT2D eigenvalue weighted by Crippen LogP contribution is 2.24. The molecule has 0 heterocycles. The van der Waals surface area contributed by atoms with Crippen LogP contribution in [0.2, 0.25) is 0 Å². The number of nitrogens with one attached hydrogen (secondary N) is 1. The van der Waals surface area contributed by atoms with Crippen molar-refractivity contribution in [2.24, 2.45) is 5.73 Å². The zero-order chi connectivity index (χ0) is 14.4. The van der Waals surface area contributed by atoms with Gasteiger partial charge >= 0.3 is 6.18 Å². The number of hydrogen-bond donors (Lipinski definition) is 2. The third kappa shape index (κ3) is 6.59. The molecule has 0 spiro atoms. The standard InChI is InChI=1S/C14H21F3N2/c1-13(11-18,8-5-9-14(15,16)17)19-10-12-6-3-2-4-7-12/h2-4,6-7,19H,5,8-11,18H2,1H3. The minimum atomic E-state index is -4.09. The average molecular weight is 274 g/mol. The maximum absolute atomic E-state index is 12.1. The van der Waals surface area contributed by atoms with Crippen molar-refractivity contribution in [1.29, 1.82) is 0 Å². The molecular formula is C14H21F3N2. The lowest BCUT2D eigenvalue weighted by molar-refractivity contribution is -0.136. The van der Waals surface area contributed by atoms with Gasteiger partial charge in [0, 0.05) is 25.0 Å². The molecule has 0 saturated carbocycles. The van der Waals surface area contributed by atoms with Crippen LogP contribution in [0, 0.1) is 0 Å². The Hall–Kier alpha value is -1.07. The van der Waals surface area contributed by atoms with Crippen molar-refractivity contribution in [3.05, 3.63) is 35.9 Å². The number of rotatable bonds is 7. The molecule has 0 fully saturated rings. The van der Waals surface area contributed by atoms with E-state index in [2.05, 4.69) is 5.32 Å². The van der Waals surface area contributed by atoms with Crippen molar-refractivity contribution in [3.63, 3.8) is 0 Å². The van der Waals surface area contributed by atoms with Gasteiger partial charge in [0.2, 0.25) is 0 Å². The number of alkyl halides is 3. The third-order valence-corrected chi connectivity index (χ3v) is 3.20. The molecule has 0 bridgehead atoms. The Kier molecular flexibility index (Phi) is 5.82. The van der Waals surface area contributed by atoms with E-state index in [4.69, 9.17) is 5.73 Å². The van der Waals surface area contributed by atoms with Crippen LogP contribution >= 0.6 is 0 Å². The highest BCUT2D eigenvalue weighted by molar-refractivity contribution is 5.14. The van der Waals surface area contributed by atoms with Crippen LogP contribution < -0.4 is 11.1 Å². The van der Waals surface area contributed by atoms with Crippen LogP contribution in [0.1, 0.15) is 31.7 Å². The van der Waals surface area contributed by atoms with Crippen molar-refractivity contribution < 1.29 is 13.2 Å². The van der Waals surface area contributed by atoms with Crippen LogP contribution in [0.3, 0.4) is 0 Å². The normalized spacial score (nSPS) is 15.2. The van der Waals surface area contributed by atoms with E-state index in [0.29, 0.717) is 19.5 Å². The quantitative estimate of drug-likeness (QED) is 0.801. The molecule has 1 rings (SSSR count). The van der Waals surface area contributed by atoms with Crippen LogP contribution in [-0.2, 0) is 6.54 Å². The number of halogens is 3. The summed E-state index contributed by atoms with van der Waals surface area (Å²) in [5.74, 6) is 0. The van der Waals surface area contributed by atoms with Gasteiger partial charge in [-0.3, -0.25) is 0 Å². The maximum atomic E-state index is 12.1. The van der Waals surface area contributed by atoms with Crippen molar-refractivity contribution in [3.8, 4) is 0 Å². The van der Waals surface area contributed by atoms with E-state index in [-0.39, 0.29) is 6.42 Å². The molecule has 5 heteroatoms. The molecule has 2 nitrogen and oxygen atoms in total. The summed E-state index contributed by atoms with van der Waals surface area (Å²) in [5, 5.41) is 3.26. The van der Waals surface area contributed by atoms with E-state index in [1.807, 2.05) is 37.3 Å². The Morgan fingerprint density at radius 3 is 2.26 bits per heavy atom. The van der Waals surface area contributed by atoms with E-state index in [9.17, 15) is 13.2 Å². The topological polar surface area (TPSA) is 38.0 Å². The van der Waals surface area contributed by atoms with E-state index >= 15 is 0 Å². The highest BCUT2D eigenvalue weighted by atomic mass is 19.4. The maximum Gasteiger partial charge on any atom is 0.389 e. The van der Waals surface area contributed by atoms with Crippen molar-refractivity contribution in [2.45, 2.75) is 44.4 Å². The fourth-order valence-corrected chi connectivity index (χ4v) is 1.85. The lowest BCUT2D eigenvalue weighted by Gasteiger charge is -2.30. The van der Waals surface area contributed by atoms with Gasteiger partial charge in [-0.05, 0) is 25.3 Å². The van der Waals surface area contributed by atoms with Crippen LogP contribution in [0.25, 0.3) is 0 Å². The summed E-state index contributed by atoms with van der Waals surface area (Å²) < 4.78 is 36.4. The summed E-state index contributed by atoms with van der Waals surface area (Å²) in [6, 6.07) is 9.73. The molecule has 108 valence electrons. The molecule has 1 atom stereocenters. The first-order chi connectivity index (χ1) is 8.85. The summed E-state index contributed by atoms with van der Waals surface area (Å²) in [4.78, 5) is 0. The molecular weight excluding hydrogens is 253 g/mol. The van der Waals surface area contributed by atoms with Gasteiger partial charge < -0.3 is 11.1 Å². The number of hydrogen-bond acceptors (Lipinski definition) is 2.